The zero-order valence-electron chi connectivity index (χ0n) is 11.3. The number of aryl methyl sites for hydroxylation is 1. The molecule has 0 saturated heterocycles. The van der Waals surface area contributed by atoms with Crippen LogP contribution >= 0.6 is 0 Å². The lowest BCUT2D eigenvalue weighted by Crippen LogP contribution is -2.32. The summed E-state index contributed by atoms with van der Waals surface area (Å²) in [5.74, 6) is -0.201. The average molecular weight is 273 g/mol. The number of hydrogen-bond donors (Lipinski definition) is 1. The number of furan rings is 1. The number of amides is 1. The van der Waals surface area contributed by atoms with Crippen molar-refractivity contribution in [1.29, 1.82) is 0 Å². The standard InChI is InChI=1S/C15H15NO4/c1-10-7-8-20-14(10)15(19)16(2)9-13(18)11-3-5-12(17)6-4-11/h3-8,17H,9H2,1-2H3. The summed E-state index contributed by atoms with van der Waals surface area (Å²) in [7, 11) is 1.54. The van der Waals surface area contributed by atoms with Crippen LogP contribution in [0.25, 0.3) is 0 Å². The second-order valence-corrected chi connectivity index (χ2v) is 4.56. The topological polar surface area (TPSA) is 70.8 Å². The van der Waals surface area contributed by atoms with Crippen molar-refractivity contribution >= 4 is 11.7 Å². The average Bonchev–Trinajstić information content (AvgIpc) is 2.84. The first-order valence-electron chi connectivity index (χ1n) is 6.11. The number of phenols is 1. The molecule has 0 spiro atoms. The van der Waals surface area contributed by atoms with E-state index in [1.165, 1.54) is 35.4 Å². The Kier molecular flexibility index (Phi) is 3.89. The van der Waals surface area contributed by atoms with E-state index < -0.39 is 0 Å². The molecule has 0 unspecified atom stereocenters. The molecule has 2 rings (SSSR count). The normalized spacial score (nSPS) is 10.3. The molecule has 2 aromatic rings. The molecule has 1 heterocycles. The molecule has 5 heteroatoms. The number of carbonyl (C=O) groups is 2. The van der Waals surface area contributed by atoms with Gasteiger partial charge in [0, 0.05) is 18.2 Å². The minimum atomic E-state index is -0.334. The van der Waals surface area contributed by atoms with Gasteiger partial charge in [-0.15, -0.1) is 0 Å². The number of Topliss-reactive ketones (excluding diaryl/α,β-unsaturated/α-hetero) is 1. The second kappa shape index (κ2) is 5.61. The van der Waals surface area contributed by atoms with Crippen LogP contribution in [0.1, 0.15) is 26.5 Å². The van der Waals surface area contributed by atoms with Crippen molar-refractivity contribution in [2.75, 3.05) is 13.6 Å². The van der Waals surface area contributed by atoms with Crippen molar-refractivity contribution in [1.82, 2.24) is 4.90 Å². The summed E-state index contributed by atoms with van der Waals surface area (Å²) in [5, 5.41) is 9.18. The first-order chi connectivity index (χ1) is 9.49. The van der Waals surface area contributed by atoms with Crippen molar-refractivity contribution in [3.63, 3.8) is 0 Å². The number of phenolic OH excluding ortho intramolecular Hbond substituents is 1. The van der Waals surface area contributed by atoms with Gasteiger partial charge in [0.15, 0.2) is 11.5 Å². The van der Waals surface area contributed by atoms with Crippen molar-refractivity contribution in [2.45, 2.75) is 6.92 Å². The lowest BCUT2D eigenvalue weighted by Gasteiger charge is -2.15. The fraction of sp³-hybridized carbons (Fsp3) is 0.200. The van der Waals surface area contributed by atoms with Crippen LogP contribution in [0.15, 0.2) is 41.0 Å². The van der Waals surface area contributed by atoms with Gasteiger partial charge in [-0.05, 0) is 37.3 Å². The van der Waals surface area contributed by atoms with Crippen molar-refractivity contribution in [3.8, 4) is 5.75 Å². The molecule has 0 fully saturated rings. The zero-order valence-corrected chi connectivity index (χ0v) is 11.3. The summed E-state index contributed by atoms with van der Waals surface area (Å²) in [6.45, 7) is 1.72. The van der Waals surface area contributed by atoms with Crippen molar-refractivity contribution in [2.24, 2.45) is 0 Å². The number of likely N-dealkylation sites (N-methyl/N-ethyl adjacent to an activating group) is 1. The zero-order chi connectivity index (χ0) is 14.7. The molecule has 0 bridgehead atoms. The van der Waals surface area contributed by atoms with E-state index in [2.05, 4.69) is 0 Å². The van der Waals surface area contributed by atoms with Crippen LogP contribution in [0.2, 0.25) is 0 Å². The summed E-state index contributed by atoms with van der Waals surface area (Å²) in [5.41, 5.74) is 1.18. The first kappa shape index (κ1) is 13.9. The number of carbonyl (C=O) groups excluding carboxylic acids is 2. The SMILES string of the molecule is Cc1ccoc1C(=O)N(C)CC(=O)c1ccc(O)cc1. The Hall–Kier alpha value is -2.56. The molecule has 20 heavy (non-hydrogen) atoms. The first-order valence-corrected chi connectivity index (χ1v) is 6.11. The predicted molar refractivity (Wildman–Crippen MR) is 72.8 cm³/mol. The van der Waals surface area contributed by atoms with Gasteiger partial charge < -0.3 is 14.4 Å². The highest BCUT2D eigenvalue weighted by atomic mass is 16.3. The van der Waals surface area contributed by atoms with Crippen LogP contribution in [0.4, 0.5) is 0 Å². The molecule has 5 nitrogen and oxygen atoms in total. The monoisotopic (exact) mass is 273 g/mol. The van der Waals surface area contributed by atoms with Gasteiger partial charge in [-0.1, -0.05) is 0 Å². The Labute approximate surface area is 116 Å². The molecule has 1 amide bonds. The third-order valence-corrected chi connectivity index (χ3v) is 2.97. The fourth-order valence-electron chi connectivity index (χ4n) is 1.79. The highest BCUT2D eigenvalue weighted by Crippen LogP contribution is 2.13. The van der Waals surface area contributed by atoms with Gasteiger partial charge in [-0.25, -0.2) is 0 Å². The van der Waals surface area contributed by atoms with E-state index in [-0.39, 0.29) is 29.7 Å². The van der Waals surface area contributed by atoms with Gasteiger partial charge in [0.2, 0.25) is 0 Å². The van der Waals surface area contributed by atoms with Gasteiger partial charge in [0.1, 0.15) is 5.75 Å². The molecular formula is C15H15NO4. The van der Waals surface area contributed by atoms with E-state index in [0.29, 0.717) is 5.56 Å². The summed E-state index contributed by atoms with van der Waals surface area (Å²) in [4.78, 5) is 25.4. The maximum atomic E-state index is 12.1. The third kappa shape index (κ3) is 2.88. The summed E-state index contributed by atoms with van der Waals surface area (Å²) >= 11 is 0. The maximum absolute atomic E-state index is 12.1. The number of ketones is 1. The van der Waals surface area contributed by atoms with Gasteiger partial charge in [-0.2, -0.15) is 0 Å². The van der Waals surface area contributed by atoms with E-state index in [0.717, 1.165) is 5.56 Å². The number of nitrogens with zero attached hydrogens (tertiary/aromatic N) is 1. The Morgan fingerprint density at radius 1 is 1.20 bits per heavy atom. The highest BCUT2D eigenvalue weighted by Gasteiger charge is 2.20. The van der Waals surface area contributed by atoms with Crippen LogP contribution in [0, 0.1) is 6.92 Å². The summed E-state index contributed by atoms with van der Waals surface area (Å²) in [6, 6.07) is 7.61. The summed E-state index contributed by atoms with van der Waals surface area (Å²) in [6.07, 6.45) is 1.44. The second-order valence-electron chi connectivity index (χ2n) is 4.56. The Balaban J connectivity index is 2.06. The van der Waals surface area contributed by atoms with Crippen molar-refractivity contribution in [3.05, 3.63) is 53.5 Å². The minimum absolute atomic E-state index is 0.0518. The van der Waals surface area contributed by atoms with Crippen LogP contribution in [-0.2, 0) is 0 Å². The quantitative estimate of drug-likeness (QED) is 0.867. The molecule has 0 aliphatic rings. The van der Waals surface area contributed by atoms with Crippen LogP contribution in [0.5, 0.6) is 5.75 Å². The highest BCUT2D eigenvalue weighted by molar-refractivity contribution is 6.01. The van der Waals surface area contributed by atoms with Crippen LogP contribution in [0.3, 0.4) is 0 Å². The lowest BCUT2D eigenvalue weighted by molar-refractivity contribution is 0.0721. The Morgan fingerprint density at radius 3 is 2.40 bits per heavy atom. The van der Waals surface area contributed by atoms with Gasteiger partial charge in [0.05, 0.1) is 12.8 Å². The lowest BCUT2D eigenvalue weighted by atomic mass is 10.1. The van der Waals surface area contributed by atoms with Gasteiger partial charge in [0.25, 0.3) is 5.91 Å². The maximum Gasteiger partial charge on any atom is 0.289 e. The number of hydrogen-bond acceptors (Lipinski definition) is 4. The largest absolute Gasteiger partial charge is 0.508 e. The van der Waals surface area contributed by atoms with Gasteiger partial charge in [-0.3, -0.25) is 9.59 Å². The Morgan fingerprint density at radius 2 is 1.85 bits per heavy atom. The molecule has 104 valence electrons. The van der Waals surface area contributed by atoms with E-state index in [4.69, 9.17) is 4.42 Å². The van der Waals surface area contributed by atoms with E-state index in [1.54, 1.807) is 20.0 Å². The fourth-order valence-corrected chi connectivity index (χ4v) is 1.79. The third-order valence-electron chi connectivity index (χ3n) is 2.97. The molecule has 0 aliphatic carbocycles. The van der Waals surface area contributed by atoms with E-state index in [1.807, 2.05) is 0 Å². The molecular weight excluding hydrogens is 258 g/mol. The number of aromatic hydroxyl groups is 1. The van der Waals surface area contributed by atoms with E-state index >= 15 is 0 Å². The molecule has 0 saturated carbocycles. The van der Waals surface area contributed by atoms with E-state index in [9.17, 15) is 14.7 Å². The minimum Gasteiger partial charge on any atom is -0.508 e. The molecule has 1 aromatic carbocycles. The molecule has 0 atom stereocenters. The van der Waals surface area contributed by atoms with Crippen LogP contribution < -0.4 is 0 Å². The Bertz CT molecular complexity index is 628. The number of benzene rings is 1. The predicted octanol–water partition coefficient (Wildman–Crippen LogP) is 2.25. The molecule has 1 N–H and O–H groups in total. The van der Waals surface area contributed by atoms with Crippen LogP contribution in [-0.4, -0.2) is 35.3 Å². The number of rotatable bonds is 4. The molecule has 0 radical (unpaired) electrons. The molecule has 1 aromatic heterocycles. The smallest absolute Gasteiger partial charge is 0.289 e. The molecule has 0 aliphatic heterocycles. The van der Waals surface area contributed by atoms with Crippen molar-refractivity contribution < 1.29 is 19.1 Å². The van der Waals surface area contributed by atoms with Gasteiger partial charge >= 0.3 is 0 Å². The summed E-state index contributed by atoms with van der Waals surface area (Å²) < 4.78 is 5.11.